The molecule has 1 aliphatic carbocycles. The molecule has 0 spiro atoms. The molecule has 1 aliphatic rings. The Morgan fingerprint density at radius 2 is 2.00 bits per heavy atom. The van der Waals surface area contributed by atoms with E-state index in [9.17, 15) is 4.79 Å². The quantitative estimate of drug-likeness (QED) is 0.419. The topological polar surface area (TPSA) is 85.8 Å². The lowest BCUT2D eigenvalue weighted by molar-refractivity contribution is -0.119. The molecule has 2 aromatic heterocycles. The van der Waals surface area contributed by atoms with Crippen molar-refractivity contribution in [1.82, 2.24) is 20.2 Å². The fourth-order valence-electron chi connectivity index (χ4n) is 3.89. The third-order valence-electron chi connectivity index (χ3n) is 5.54. The van der Waals surface area contributed by atoms with Crippen LogP contribution in [0.15, 0.2) is 46.9 Å². The van der Waals surface area contributed by atoms with Crippen molar-refractivity contribution in [3.05, 3.63) is 63.6 Å². The van der Waals surface area contributed by atoms with Crippen molar-refractivity contribution in [2.24, 2.45) is 0 Å². The van der Waals surface area contributed by atoms with Crippen LogP contribution in [0, 0.1) is 6.92 Å². The van der Waals surface area contributed by atoms with Crippen molar-refractivity contribution in [3.63, 3.8) is 0 Å². The van der Waals surface area contributed by atoms with Gasteiger partial charge in [-0.3, -0.25) is 4.79 Å². The zero-order chi connectivity index (χ0) is 20.9. The van der Waals surface area contributed by atoms with Gasteiger partial charge in [-0.2, -0.15) is 0 Å². The van der Waals surface area contributed by atoms with Gasteiger partial charge in [0.2, 0.25) is 11.1 Å². The first-order valence-electron chi connectivity index (χ1n) is 10.3. The van der Waals surface area contributed by atoms with E-state index in [1.165, 1.54) is 36.6 Å². The fraction of sp³-hybridized carbons (Fsp3) is 0.409. The smallest absolute Gasteiger partial charge is 0.231 e. The highest BCUT2D eigenvalue weighted by Gasteiger charge is 2.23. The molecule has 4 rings (SSSR count). The Balaban J connectivity index is 1.41. The number of nitrogen functional groups attached to an aromatic ring is 1. The summed E-state index contributed by atoms with van der Waals surface area (Å²) < 4.78 is 1.57. The van der Waals surface area contributed by atoms with E-state index in [2.05, 4.69) is 52.8 Å². The highest BCUT2D eigenvalue weighted by molar-refractivity contribution is 7.99. The number of nitrogens with one attached hydrogen (secondary N) is 1. The standard InChI is InChI=1S/C22H27N5OS2/c1-15-9-11-16(12-10-15)20(18-8-5-13-29-18)24-19(28)14-30-22-26-25-21(27(22)23)17-6-3-2-4-7-17/h5,8-13,17,20H,2-4,6-7,14,23H2,1H3,(H,24,28)/t20-/m0/s1. The molecule has 158 valence electrons. The van der Waals surface area contributed by atoms with E-state index in [1.54, 1.807) is 16.0 Å². The van der Waals surface area contributed by atoms with Crippen LogP contribution in [0.5, 0.6) is 0 Å². The first-order chi connectivity index (χ1) is 14.6. The molecule has 1 atom stereocenters. The molecule has 1 saturated carbocycles. The molecular weight excluding hydrogens is 414 g/mol. The van der Waals surface area contributed by atoms with Crippen molar-refractivity contribution in [1.29, 1.82) is 0 Å². The summed E-state index contributed by atoms with van der Waals surface area (Å²) in [7, 11) is 0. The predicted molar refractivity (Wildman–Crippen MR) is 122 cm³/mol. The van der Waals surface area contributed by atoms with Gasteiger partial charge in [-0.1, -0.05) is 66.9 Å². The number of carbonyl (C=O) groups excluding carboxylic acids is 1. The number of benzene rings is 1. The Labute approximate surface area is 185 Å². The second-order valence-electron chi connectivity index (χ2n) is 7.76. The number of thiophene rings is 1. The van der Waals surface area contributed by atoms with Crippen molar-refractivity contribution in [2.75, 3.05) is 11.6 Å². The minimum atomic E-state index is -0.160. The van der Waals surface area contributed by atoms with E-state index >= 15 is 0 Å². The predicted octanol–water partition coefficient (Wildman–Crippen LogP) is 4.41. The lowest BCUT2D eigenvalue weighted by Crippen LogP contribution is -2.30. The van der Waals surface area contributed by atoms with Crippen LogP contribution in [0.2, 0.25) is 0 Å². The van der Waals surface area contributed by atoms with E-state index in [4.69, 9.17) is 5.84 Å². The number of amides is 1. The Bertz CT molecular complexity index is 962. The first kappa shape index (κ1) is 20.9. The summed E-state index contributed by atoms with van der Waals surface area (Å²) in [4.78, 5) is 13.9. The number of hydrogen-bond acceptors (Lipinski definition) is 6. The first-order valence-corrected chi connectivity index (χ1v) is 12.2. The van der Waals surface area contributed by atoms with Gasteiger partial charge < -0.3 is 11.2 Å². The number of rotatable bonds is 7. The number of hydrogen-bond donors (Lipinski definition) is 2. The van der Waals surface area contributed by atoms with E-state index in [-0.39, 0.29) is 17.7 Å². The molecule has 6 nitrogen and oxygen atoms in total. The summed E-state index contributed by atoms with van der Waals surface area (Å²) in [5, 5.41) is 14.3. The maximum absolute atomic E-state index is 12.8. The average molecular weight is 442 g/mol. The highest BCUT2D eigenvalue weighted by atomic mass is 32.2. The van der Waals surface area contributed by atoms with Crippen molar-refractivity contribution in [3.8, 4) is 0 Å². The number of nitrogens with zero attached hydrogens (tertiary/aromatic N) is 3. The molecule has 1 amide bonds. The molecule has 0 bridgehead atoms. The van der Waals surface area contributed by atoms with Gasteiger partial charge in [-0.05, 0) is 36.8 Å². The van der Waals surface area contributed by atoms with E-state index in [0.29, 0.717) is 11.1 Å². The maximum Gasteiger partial charge on any atom is 0.231 e. The summed E-state index contributed by atoms with van der Waals surface area (Å²) in [6.45, 7) is 2.06. The van der Waals surface area contributed by atoms with Gasteiger partial charge >= 0.3 is 0 Å². The van der Waals surface area contributed by atoms with E-state index in [0.717, 1.165) is 29.1 Å². The van der Waals surface area contributed by atoms with E-state index in [1.807, 2.05) is 11.4 Å². The molecule has 1 fully saturated rings. The van der Waals surface area contributed by atoms with Gasteiger partial charge in [0.25, 0.3) is 0 Å². The average Bonchev–Trinajstić information content (AvgIpc) is 3.42. The molecule has 3 N–H and O–H groups in total. The minimum Gasteiger partial charge on any atom is -0.344 e. The number of nitrogens with two attached hydrogens (primary N) is 1. The van der Waals surface area contributed by atoms with Crippen molar-refractivity contribution >= 4 is 29.0 Å². The minimum absolute atomic E-state index is 0.0545. The monoisotopic (exact) mass is 441 g/mol. The Morgan fingerprint density at radius 3 is 2.70 bits per heavy atom. The van der Waals surface area contributed by atoms with Crippen LogP contribution in [0.4, 0.5) is 0 Å². The third kappa shape index (κ3) is 4.87. The Kier molecular flexibility index (Phi) is 6.74. The zero-order valence-electron chi connectivity index (χ0n) is 17.1. The summed E-state index contributed by atoms with van der Waals surface area (Å²) in [5.41, 5.74) is 2.27. The van der Waals surface area contributed by atoms with Crippen LogP contribution in [0.3, 0.4) is 0 Å². The second-order valence-corrected chi connectivity index (χ2v) is 9.68. The lowest BCUT2D eigenvalue weighted by atomic mass is 9.89. The van der Waals surface area contributed by atoms with Gasteiger partial charge in [0.05, 0.1) is 11.8 Å². The van der Waals surface area contributed by atoms with Crippen molar-refractivity contribution < 1.29 is 4.79 Å². The van der Waals surface area contributed by atoms with Gasteiger partial charge in [0.15, 0.2) is 5.82 Å². The van der Waals surface area contributed by atoms with E-state index < -0.39 is 0 Å². The number of thioether (sulfide) groups is 1. The van der Waals surface area contributed by atoms with Crippen LogP contribution in [0.1, 0.15) is 65.9 Å². The van der Waals surface area contributed by atoms with Gasteiger partial charge in [0.1, 0.15) is 0 Å². The van der Waals surface area contributed by atoms with Crippen LogP contribution >= 0.6 is 23.1 Å². The Hall–Kier alpha value is -2.32. The fourth-order valence-corrected chi connectivity index (χ4v) is 5.37. The number of carbonyl (C=O) groups is 1. The summed E-state index contributed by atoms with van der Waals surface area (Å²) in [6.07, 6.45) is 5.93. The molecule has 30 heavy (non-hydrogen) atoms. The molecule has 0 radical (unpaired) electrons. The van der Waals surface area contributed by atoms with Crippen LogP contribution < -0.4 is 11.2 Å². The molecule has 0 saturated heterocycles. The van der Waals surface area contributed by atoms with Gasteiger partial charge in [-0.15, -0.1) is 21.5 Å². The maximum atomic E-state index is 12.8. The lowest BCUT2D eigenvalue weighted by Gasteiger charge is -2.20. The van der Waals surface area contributed by atoms with Gasteiger partial charge in [-0.25, -0.2) is 4.68 Å². The molecular formula is C22H27N5OS2. The summed E-state index contributed by atoms with van der Waals surface area (Å²) >= 11 is 2.97. The van der Waals surface area contributed by atoms with Crippen LogP contribution in [0.25, 0.3) is 0 Å². The summed E-state index contributed by atoms with van der Waals surface area (Å²) in [5.74, 6) is 7.65. The molecule has 1 aromatic carbocycles. The largest absolute Gasteiger partial charge is 0.344 e. The molecule has 3 aromatic rings. The zero-order valence-corrected chi connectivity index (χ0v) is 18.7. The normalized spacial score (nSPS) is 15.8. The number of aryl methyl sites for hydroxylation is 1. The van der Waals surface area contributed by atoms with Crippen LogP contribution in [-0.2, 0) is 4.79 Å². The molecule has 0 unspecified atom stereocenters. The van der Waals surface area contributed by atoms with Crippen molar-refractivity contribution in [2.45, 2.75) is 56.1 Å². The Morgan fingerprint density at radius 1 is 1.23 bits per heavy atom. The second kappa shape index (κ2) is 9.66. The summed E-state index contributed by atoms with van der Waals surface area (Å²) in [6, 6.07) is 12.2. The van der Waals surface area contributed by atoms with Gasteiger partial charge in [0, 0.05) is 10.8 Å². The third-order valence-corrected chi connectivity index (χ3v) is 7.42. The molecule has 8 heteroatoms. The highest BCUT2D eigenvalue weighted by Crippen LogP contribution is 2.32. The SMILES string of the molecule is Cc1ccc([C@H](NC(=O)CSc2nnc(C3CCCCC3)n2N)c2cccs2)cc1. The number of aromatic nitrogens is 3. The van der Waals surface area contributed by atoms with Crippen LogP contribution in [-0.4, -0.2) is 26.5 Å². The molecule has 2 heterocycles. The molecule has 0 aliphatic heterocycles.